The van der Waals surface area contributed by atoms with Crippen LogP contribution >= 0.6 is 0 Å². The van der Waals surface area contributed by atoms with Gasteiger partial charge in [-0.15, -0.1) is 0 Å². The van der Waals surface area contributed by atoms with Crippen LogP contribution in [0.4, 0.5) is 13.2 Å². The Labute approximate surface area is 174 Å². The minimum atomic E-state index is -5.26. The van der Waals surface area contributed by atoms with Gasteiger partial charge in [0, 0.05) is 49.4 Å². The van der Waals surface area contributed by atoms with Crippen molar-refractivity contribution in [2.45, 2.75) is 25.9 Å². The number of Topliss-reactive ketones (excluding diaryl/α,β-unsaturated/α-hetero) is 1. The summed E-state index contributed by atoms with van der Waals surface area (Å²) in [4.78, 5) is 22.9. The van der Waals surface area contributed by atoms with E-state index in [4.69, 9.17) is 4.42 Å². The molecule has 1 radical (unpaired) electrons. The van der Waals surface area contributed by atoms with Crippen molar-refractivity contribution in [3.8, 4) is 5.75 Å². The normalized spacial score (nSPS) is 10.3. The van der Waals surface area contributed by atoms with Crippen LogP contribution in [-0.4, -0.2) is 28.0 Å². The summed E-state index contributed by atoms with van der Waals surface area (Å²) in [7, 11) is 0. The van der Waals surface area contributed by atoms with Crippen LogP contribution in [-0.2, 0) is 6.42 Å². The number of halogens is 3. The van der Waals surface area contributed by atoms with Gasteiger partial charge in [0.25, 0.3) is 5.78 Å². The first-order valence-electron chi connectivity index (χ1n) is 6.16. The molecule has 0 spiro atoms. The van der Waals surface area contributed by atoms with E-state index >= 15 is 0 Å². The Hall–Kier alpha value is -0.806. The molecule has 2 rings (SSSR count). The zero-order valence-electron chi connectivity index (χ0n) is 12.3. The smallest absolute Gasteiger partial charge is 0.455 e. The molecule has 2 aromatic rings. The van der Waals surface area contributed by atoms with Crippen molar-refractivity contribution in [1.82, 2.24) is 0 Å². The molecule has 24 heavy (non-hydrogen) atoms. The summed E-state index contributed by atoms with van der Waals surface area (Å²) in [6.45, 7) is 1.87. The zero-order chi connectivity index (χ0) is 15.8. The van der Waals surface area contributed by atoms with Crippen molar-refractivity contribution in [2.75, 3.05) is 0 Å². The SMILES string of the molecule is CCCc1cccc2c(O)c(C(=O)C(F)(F)F)c(=O)oc12.O.O.[Eu]. The van der Waals surface area contributed by atoms with E-state index in [0.29, 0.717) is 18.4 Å². The third-order valence-electron chi connectivity index (χ3n) is 2.99. The summed E-state index contributed by atoms with van der Waals surface area (Å²) in [6.07, 6.45) is -4.03. The van der Waals surface area contributed by atoms with Crippen LogP contribution < -0.4 is 5.63 Å². The molecule has 0 aliphatic carbocycles. The van der Waals surface area contributed by atoms with Gasteiger partial charge in [-0.2, -0.15) is 13.2 Å². The summed E-state index contributed by atoms with van der Waals surface area (Å²) in [5.41, 5.74) is -2.30. The minimum absolute atomic E-state index is 0. The molecule has 0 atom stereocenters. The third kappa shape index (κ3) is 4.85. The molecular formula is C14H15EuF3O6. The molecule has 0 saturated heterocycles. The predicted molar refractivity (Wildman–Crippen MR) is 75.8 cm³/mol. The summed E-state index contributed by atoms with van der Waals surface area (Å²) in [5, 5.41) is 9.79. The molecule has 0 unspecified atom stereocenters. The number of carbonyl (C=O) groups excluding carboxylic acids is 1. The monoisotopic (exact) mass is 489 g/mol. The Morgan fingerprint density at radius 3 is 2.33 bits per heavy atom. The molecule has 0 aliphatic rings. The van der Waals surface area contributed by atoms with Crippen LogP contribution in [0.5, 0.6) is 5.75 Å². The number of para-hydroxylation sites is 1. The maximum atomic E-state index is 12.5. The summed E-state index contributed by atoms with van der Waals surface area (Å²) >= 11 is 0. The minimum Gasteiger partial charge on any atom is -0.506 e. The van der Waals surface area contributed by atoms with Crippen molar-refractivity contribution in [3.63, 3.8) is 0 Å². The molecule has 0 amide bonds. The van der Waals surface area contributed by atoms with Crippen LogP contribution in [0.2, 0.25) is 0 Å². The summed E-state index contributed by atoms with van der Waals surface area (Å²) < 4.78 is 42.2. The second-order valence-corrected chi connectivity index (χ2v) is 4.48. The molecule has 6 nitrogen and oxygen atoms in total. The van der Waals surface area contributed by atoms with Gasteiger partial charge >= 0.3 is 11.8 Å². The van der Waals surface area contributed by atoms with Crippen LogP contribution in [0, 0.1) is 49.4 Å². The average molecular weight is 488 g/mol. The molecule has 0 bridgehead atoms. The van der Waals surface area contributed by atoms with Crippen LogP contribution in [0.3, 0.4) is 0 Å². The predicted octanol–water partition coefficient (Wildman–Crippen LogP) is 1.55. The molecule has 0 aliphatic heterocycles. The molecule has 1 aromatic heterocycles. The molecule has 1 aromatic carbocycles. The second-order valence-electron chi connectivity index (χ2n) is 4.48. The third-order valence-corrected chi connectivity index (χ3v) is 2.99. The van der Waals surface area contributed by atoms with E-state index in [-0.39, 0.29) is 71.3 Å². The number of carbonyl (C=O) groups is 1. The quantitative estimate of drug-likeness (QED) is 0.519. The number of ketones is 1. The topological polar surface area (TPSA) is 131 Å². The Morgan fingerprint density at radius 2 is 1.83 bits per heavy atom. The van der Waals surface area contributed by atoms with Crippen LogP contribution in [0.15, 0.2) is 27.4 Å². The van der Waals surface area contributed by atoms with Gasteiger partial charge in [0.05, 0.1) is 5.39 Å². The van der Waals surface area contributed by atoms with E-state index in [1.54, 1.807) is 6.07 Å². The Bertz CT molecular complexity index is 769. The number of fused-ring (bicyclic) bond motifs is 1. The molecule has 5 N–H and O–H groups in total. The number of benzene rings is 1. The first-order chi connectivity index (χ1) is 9.77. The van der Waals surface area contributed by atoms with E-state index in [1.807, 2.05) is 6.92 Å². The molecule has 0 fully saturated rings. The van der Waals surface area contributed by atoms with E-state index in [1.165, 1.54) is 12.1 Å². The van der Waals surface area contributed by atoms with Gasteiger partial charge in [-0.05, 0) is 18.1 Å². The van der Waals surface area contributed by atoms with E-state index in [0.717, 1.165) is 0 Å². The van der Waals surface area contributed by atoms with Gasteiger partial charge in [-0.3, -0.25) is 4.79 Å². The fourth-order valence-electron chi connectivity index (χ4n) is 2.08. The van der Waals surface area contributed by atoms with E-state index < -0.39 is 28.9 Å². The largest absolute Gasteiger partial charge is 0.506 e. The standard InChI is InChI=1S/C14H11F3O4.Eu.2H2O/c1-2-4-7-5-3-6-8-10(18)9(12(19)14(15,16)17)13(20)21-11(7)8;;;/h3,5-6,18H,2,4H2,1H3;;2*1H2. The first-order valence-corrected chi connectivity index (χ1v) is 6.16. The van der Waals surface area contributed by atoms with E-state index in [2.05, 4.69) is 0 Å². The number of hydrogen-bond donors (Lipinski definition) is 1. The number of hydrogen-bond acceptors (Lipinski definition) is 4. The van der Waals surface area contributed by atoms with E-state index in [9.17, 15) is 27.9 Å². The maximum absolute atomic E-state index is 12.5. The second kappa shape index (κ2) is 9.62. The van der Waals surface area contributed by atoms with Gasteiger partial charge in [0.15, 0.2) is 5.56 Å². The number of aromatic hydroxyl groups is 1. The molecule has 1 heterocycles. The number of aryl methyl sites for hydroxylation is 1. The van der Waals surface area contributed by atoms with Crippen LogP contribution in [0.1, 0.15) is 29.3 Å². The van der Waals surface area contributed by atoms with Crippen LogP contribution in [0.25, 0.3) is 11.0 Å². The molecule has 0 saturated carbocycles. The van der Waals surface area contributed by atoms with Crippen molar-refractivity contribution in [3.05, 3.63) is 39.7 Å². The Kier molecular flexibility index (Phi) is 10.2. The first kappa shape index (κ1) is 25.4. The zero-order valence-corrected chi connectivity index (χ0v) is 14.8. The van der Waals surface area contributed by atoms with Gasteiger partial charge in [0.2, 0.25) is 0 Å². The Morgan fingerprint density at radius 1 is 1.25 bits per heavy atom. The molecule has 10 heteroatoms. The van der Waals surface area contributed by atoms with Crippen molar-refractivity contribution in [1.29, 1.82) is 0 Å². The van der Waals surface area contributed by atoms with Gasteiger partial charge < -0.3 is 20.5 Å². The van der Waals surface area contributed by atoms with Crippen molar-refractivity contribution in [2.24, 2.45) is 0 Å². The van der Waals surface area contributed by atoms with Crippen molar-refractivity contribution < 1.29 is 87.8 Å². The Balaban J connectivity index is 0. The van der Waals surface area contributed by atoms with Gasteiger partial charge in [0.1, 0.15) is 11.3 Å². The van der Waals surface area contributed by atoms with Gasteiger partial charge in [-0.1, -0.05) is 25.5 Å². The maximum Gasteiger partial charge on any atom is 0.455 e. The summed E-state index contributed by atoms with van der Waals surface area (Å²) in [6, 6.07) is 4.44. The summed E-state index contributed by atoms with van der Waals surface area (Å²) in [5.74, 6) is -3.42. The average Bonchev–Trinajstić information content (AvgIpc) is 2.39. The number of rotatable bonds is 3. The fraction of sp³-hybridized carbons (Fsp3) is 0.286. The number of alkyl halides is 3. The fourth-order valence-corrected chi connectivity index (χ4v) is 2.08. The molecule has 135 valence electrons. The molecular weight excluding hydrogens is 473 g/mol. The van der Waals surface area contributed by atoms with Crippen molar-refractivity contribution >= 4 is 16.8 Å². The van der Waals surface area contributed by atoms with Gasteiger partial charge in [-0.25, -0.2) is 4.79 Å².